The molecular formula is C12H17ClN2O4S. The summed E-state index contributed by atoms with van der Waals surface area (Å²) >= 11 is 5.60. The van der Waals surface area contributed by atoms with Crippen LogP contribution in [0, 0.1) is 5.92 Å². The molecule has 1 aromatic carbocycles. The molecule has 20 heavy (non-hydrogen) atoms. The number of nitrogens with one attached hydrogen (secondary N) is 1. The van der Waals surface area contributed by atoms with E-state index in [2.05, 4.69) is 4.72 Å². The predicted molar refractivity (Wildman–Crippen MR) is 78.4 cm³/mol. The molecule has 112 valence electrons. The van der Waals surface area contributed by atoms with E-state index in [-0.39, 0.29) is 24.2 Å². The van der Waals surface area contributed by atoms with Crippen LogP contribution in [0.4, 0.5) is 5.69 Å². The number of carbonyl (C=O) groups excluding carboxylic acids is 1. The lowest BCUT2D eigenvalue weighted by Gasteiger charge is -2.12. The van der Waals surface area contributed by atoms with Crippen LogP contribution in [0.25, 0.3) is 0 Å². The molecule has 6 nitrogen and oxygen atoms in total. The Morgan fingerprint density at radius 1 is 1.50 bits per heavy atom. The molecule has 0 aliphatic rings. The van der Waals surface area contributed by atoms with Crippen LogP contribution in [0.1, 0.15) is 6.92 Å². The summed E-state index contributed by atoms with van der Waals surface area (Å²) < 4.78 is 31.2. The summed E-state index contributed by atoms with van der Waals surface area (Å²) in [7, 11) is -3.48. The lowest BCUT2D eigenvalue weighted by molar-refractivity contribution is -0.119. The molecular weight excluding hydrogens is 304 g/mol. The number of halogens is 1. The SMILES string of the molecule is CC(CCl)CS(=O)(=O)Nc1cccc(OCC(N)=O)c1. The number of benzene rings is 1. The van der Waals surface area contributed by atoms with E-state index in [0.717, 1.165) is 0 Å². The van der Waals surface area contributed by atoms with Crippen LogP contribution in [0.3, 0.4) is 0 Å². The third kappa shape index (κ3) is 6.12. The fraction of sp³-hybridized carbons (Fsp3) is 0.417. The lowest BCUT2D eigenvalue weighted by Crippen LogP contribution is -2.22. The maximum atomic E-state index is 11.9. The molecule has 0 aromatic heterocycles. The summed E-state index contributed by atoms with van der Waals surface area (Å²) in [6, 6.07) is 6.27. The smallest absolute Gasteiger partial charge is 0.255 e. The minimum Gasteiger partial charge on any atom is -0.484 e. The van der Waals surface area contributed by atoms with Crippen molar-refractivity contribution in [2.24, 2.45) is 11.7 Å². The Labute approximate surface area is 123 Å². The zero-order valence-corrected chi connectivity index (χ0v) is 12.6. The van der Waals surface area contributed by atoms with Crippen molar-refractivity contribution in [3.63, 3.8) is 0 Å². The Hall–Kier alpha value is -1.47. The van der Waals surface area contributed by atoms with Gasteiger partial charge in [-0.2, -0.15) is 0 Å². The zero-order valence-electron chi connectivity index (χ0n) is 11.0. The predicted octanol–water partition coefficient (Wildman–Crippen LogP) is 1.17. The summed E-state index contributed by atoms with van der Waals surface area (Å²) in [4.78, 5) is 10.6. The number of sulfonamides is 1. The fourth-order valence-corrected chi connectivity index (χ4v) is 3.12. The Kier molecular flexibility index (Phi) is 6.09. The third-order valence-electron chi connectivity index (χ3n) is 2.26. The quantitative estimate of drug-likeness (QED) is 0.702. The second-order valence-electron chi connectivity index (χ2n) is 4.43. The van der Waals surface area contributed by atoms with Crippen molar-refractivity contribution in [2.75, 3.05) is 23.0 Å². The largest absolute Gasteiger partial charge is 0.484 e. The molecule has 0 fully saturated rings. The topological polar surface area (TPSA) is 98.5 Å². The van der Waals surface area contributed by atoms with Crippen LogP contribution < -0.4 is 15.2 Å². The van der Waals surface area contributed by atoms with Gasteiger partial charge < -0.3 is 10.5 Å². The van der Waals surface area contributed by atoms with Crippen LogP contribution in [0.2, 0.25) is 0 Å². The van der Waals surface area contributed by atoms with Gasteiger partial charge in [0.25, 0.3) is 5.91 Å². The van der Waals surface area contributed by atoms with Crippen molar-refractivity contribution in [1.29, 1.82) is 0 Å². The van der Waals surface area contributed by atoms with Crippen molar-refractivity contribution < 1.29 is 17.9 Å². The summed E-state index contributed by atoms with van der Waals surface area (Å²) in [5.74, 6) is -0.198. The highest BCUT2D eigenvalue weighted by molar-refractivity contribution is 7.92. The molecule has 0 saturated heterocycles. The molecule has 8 heteroatoms. The minimum absolute atomic E-state index is 0.0666. The number of hydrogen-bond donors (Lipinski definition) is 2. The van der Waals surface area contributed by atoms with Gasteiger partial charge in [0.05, 0.1) is 11.4 Å². The van der Waals surface area contributed by atoms with Crippen molar-refractivity contribution in [1.82, 2.24) is 0 Å². The lowest BCUT2D eigenvalue weighted by atomic mass is 10.3. The zero-order chi connectivity index (χ0) is 15.2. The second kappa shape index (κ2) is 7.35. The van der Waals surface area contributed by atoms with Crippen molar-refractivity contribution in [2.45, 2.75) is 6.92 Å². The van der Waals surface area contributed by atoms with Crippen molar-refractivity contribution in [3.8, 4) is 5.75 Å². The molecule has 1 aromatic rings. The Balaban J connectivity index is 2.72. The first-order valence-corrected chi connectivity index (χ1v) is 8.08. The van der Waals surface area contributed by atoms with E-state index in [1.807, 2.05) is 0 Å². The van der Waals surface area contributed by atoms with Crippen LogP contribution >= 0.6 is 11.6 Å². The van der Waals surface area contributed by atoms with Gasteiger partial charge in [-0.15, -0.1) is 11.6 Å². The number of anilines is 1. The number of primary amides is 1. The van der Waals surface area contributed by atoms with Gasteiger partial charge in [-0.05, 0) is 18.1 Å². The molecule has 0 bridgehead atoms. The van der Waals surface area contributed by atoms with Gasteiger partial charge >= 0.3 is 0 Å². The molecule has 1 atom stereocenters. The van der Waals surface area contributed by atoms with Crippen LogP contribution in [0.15, 0.2) is 24.3 Å². The number of hydrogen-bond acceptors (Lipinski definition) is 4. The van der Waals surface area contributed by atoms with Gasteiger partial charge in [-0.3, -0.25) is 9.52 Å². The molecule has 0 heterocycles. The normalized spacial score (nSPS) is 12.7. The summed E-state index contributed by atoms with van der Waals surface area (Å²) in [6.45, 7) is 1.48. The molecule has 1 amide bonds. The Morgan fingerprint density at radius 2 is 2.20 bits per heavy atom. The highest BCUT2D eigenvalue weighted by Crippen LogP contribution is 2.19. The molecule has 0 aliphatic carbocycles. The molecule has 0 radical (unpaired) electrons. The van der Waals surface area contributed by atoms with Gasteiger partial charge in [0.15, 0.2) is 6.61 Å². The number of amides is 1. The molecule has 1 rings (SSSR count). The first-order valence-electron chi connectivity index (χ1n) is 5.90. The summed E-state index contributed by atoms with van der Waals surface area (Å²) in [5.41, 5.74) is 5.32. The fourth-order valence-electron chi connectivity index (χ4n) is 1.44. The second-order valence-corrected chi connectivity index (χ2v) is 6.50. The average Bonchev–Trinajstić information content (AvgIpc) is 2.35. The third-order valence-corrected chi connectivity index (χ3v) is 4.34. The van der Waals surface area contributed by atoms with E-state index in [0.29, 0.717) is 11.4 Å². The number of ether oxygens (including phenoxy) is 1. The minimum atomic E-state index is -3.48. The van der Waals surface area contributed by atoms with Gasteiger partial charge in [0.2, 0.25) is 10.0 Å². The Bertz CT molecular complexity index is 562. The van der Waals surface area contributed by atoms with Crippen LogP contribution in [-0.2, 0) is 14.8 Å². The number of alkyl halides is 1. The Morgan fingerprint density at radius 3 is 2.80 bits per heavy atom. The van der Waals surface area contributed by atoms with Gasteiger partial charge in [-0.25, -0.2) is 8.42 Å². The molecule has 0 spiro atoms. The molecule has 3 N–H and O–H groups in total. The molecule has 1 unspecified atom stereocenters. The number of nitrogens with two attached hydrogens (primary N) is 1. The van der Waals surface area contributed by atoms with Gasteiger partial charge in [0.1, 0.15) is 5.75 Å². The maximum absolute atomic E-state index is 11.9. The average molecular weight is 321 g/mol. The van der Waals surface area contributed by atoms with Crippen molar-refractivity contribution in [3.05, 3.63) is 24.3 Å². The van der Waals surface area contributed by atoms with Gasteiger partial charge in [-0.1, -0.05) is 13.0 Å². The monoisotopic (exact) mass is 320 g/mol. The first kappa shape index (κ1) is 16.6. The standard InChI is InChI=1S/C12H17ClN2O4S/c1-9(6-13)8-20(17,18)15-10-3-2-4-11(5-10)19-7-12(14)16/h2-5,9,15H,6-8H2,1H3,(H2,14,16). The highest BCUT2D eigenvalue weighted by Gasteiger charge is 2.15. The van der Waals surface area contributed by atoms with Gasteiger partial charge in [0, 0.05) is 11.9 Å². The summed E-state index contributed by atoms with van der Waals surface area (Å²) in [5, 5.41) is 0. The molecule has 0 aliphatic heterocycles. The summed E-state index contributed by atoms with van der Waals surface area (Å²) in [6.07, 6.45) is 0. The first-order chi connectivity index (χ1) is 9.32. The molecule has 0 saturated carbocycles. The van der Waals surface area contributed by atoms with E-state index >= 15 is 0 Å². The maximum Gasteiger partial charge on any atom is 0.255 e. The number of carbonyl (C=O) groups is 1. The van der Waals surface area contributed by atoms with E-state index < -0.39 is 15.9 Å². The van der Waals surface area contributed by atoms with E-state index in [9.17, 15) is 13.2 Å². The van der Waals surface area contributed by atoms with E-state index in [1.54, 1.807) is 25.1 Å². The van der Waals surface area contributed by atoms with Crippen molar-refractivity contribution >= 4 is 33.2 Å². The highest BCUT2D eigenvalue weighted by atomic mass is 35.5. The van der Waals surface area contributed by atoms with E-state index in [1.165, 1.54) is 6.07 Å². The van der Waals surface area contributed by atoms with E-state index in [4.69, 9.17) is 22.1 Å². The van der Waals surface area contributed by atoms with Crippen LogP contribution in [0.5, 0.6) is 5.75 Å². The van der Waals surface area contributed by atoms with Crippen LogP contribution in [-0.4, -0.2) is 32.6 Å². The number of rotatable bonds is 8.